The number of hydrogen-bond acceptors (Lipinski definition) is 4. The molecule has 0 aliphatic rings. The van der Waals surface area contributed by atoms with E-state index in [1.807, 2.05) is 0 Å². The number of carbonyl (C=O) groups is 1. The van der Waals surface area contributed by atoms with Gasteiger partial charge in [-0.3, -0.25) is 14.9 Å². The highest BCUT2D eigenvalue weighted by atomic mass is 35.5. The molecular weight excluding hydrogens is 277 g/mol. The zero-order valence-electron chi connectivity index (χ0n) is 10.2. The van der Waals surface area contributed by atoms with Gasteiger partial charge in [-0.15, -0.1) is 0 Å². The summed E-state index contributed by atoms with van der Waals surface area (Å²) in [5.74, 6) is -1.03. The van der Waals surface area contributed by atoms with Crippen molar-refractivity contribution in [2.24, 2.45) is 0 Å². The first-order valence-corrected chi connectivity index (χ1v) is 5.97. The fourth-order valence-corrected chi connectivity index (χ4v) is 1.59. The second-order valence-electron chi connectivity index (χ2n) is 3.67. The molecule has 1 aromatic carbocycles. The Bertz CT molecular complexity index is 496. The Morgan fingerprint density at radius 2 is 2.21 bits per heavy atom. The van der Waals surface area contributed by atoms with Crippen LogP contribution in [0.4, 0.5) is 15.8 Å². The summed E-state index contributed by atoms with van der Waals surface area (Å²) in [4.78, 5) is 21.2. The smallest absolute Gasteiger partial charge is 0.295 e. The molecule has 1 aromatic rings. The number of nitrogens with one attached hydrogen (secondary N) is 2. The summed E-state index contributed by atoms with van der Waals surface area (Å²) in [5, 5.41) is 15.8. The van der Waals surface area contributed by atoms with E-state index in [0.29, 0.717) is 6.54 Å². The van der Waals surface area contributed by atoms with Gasteiger partial charge in [-0.1, -0.05) is 11.6 Å². The second kappa shape index (κ2) is 6.89. The molecule has 19 heavy (non-hydrogen) atoms. The number of carbonyl (C=O) groups excluding carboxylic acids is 1. The summed E-state index contributed by atoms with van der Waals surface area (Å²) in [6, 6.07) is 1.88. The predicted molar refractivity (Wildman–Crippen MR) is 69.9 cm³/mol. The highest BCUT2D eigenvalue weighted by Crippen LogP contribution is 2.30. The Morgan fingerprint density at radius 1 is 1.53 bits per heavy atom. The first kappa shape index (κ1) is 15.2. The van der Waals surface area contributed by atoms with Gasteiger partial charge < -0.3 is 10.6 Å². The molecule has 0 aromatic heterocycles. The molecule has 0 aliphatic carbocycles. The monoisotopic (exact) mass is 289 g/mol. The van der Waals surface area contributed by atoms with Crippen LogP contribution < -0.4 is 10.6 Å². The van der Waals surface area contributed by atoms with Crippen LogP contribution in [0.2, 0.25) is 5.02 Å². The lowest BCUT2D eigenvalue weighted by Crippen LogP contribution is -2.24. The minimum atomic E-state index is -0.859. The van der Waals surface area contributed by atoms with Crippen LogP contribution in [0.25, 0.3) is 0 Å². The maximum Gasteiger partial charge on any atom is 0.295 e. The normalized spacial score (nSPS) is 10.1. The van der Waals surface area contributed by atoms with E-state index in [4.69, 9.17) is 11.6 Å². The highest BCUT2D eigenvalue weighted by molar-refractivity contribution is 6.31. The van der Waals surface area contributed by atoms with E-state index in [1.54, 1.807) is 6.92 Å². The van der Waals surface area contributed by atoms with Gasteiger partial charge in [0, 0.05) is 19.5 Å². The summed E-state index contributed by atoms with van der Waals surface area (Å²) in [6.07, 6.45) is 0.153. The van der Waals surface area contributed by atoms with Gasteiger partial charge in [-0.05, 0) is 13.0 Å². The van der Waals surface area contributed by atoms with E-state index >= 15 is 0 Å². The number of anilines is 1. The summed E-state index contributed by atoms with van der Waals surface area (Å²) >= 11 is 5.56. The lowest BCUT2D eigenvalue weighted by atomic mass is 10.2. The van der Waals surface area contributed by atoms with Crippen LogP contribution in [0.3, 0.4) is 0 Å². The molecule has 1 amide bonds. The Hall–Kier alpha value is -1.89. The van der Waals surface area contributed by atoms with E-state index in [2.05, 4.69) is 10.6 Å². The summed E-state index contributed by atoms with van der Waals surface area (Å²) < 4.78 is 13.1. The topological polar surface area (TPSA) is 84.3 Å². The summed E-state index contributed by atoms with van der Waals surface area (Å²) in [6.45, 7) is 2.49. The van der Waals surface area contributed by atoms with Crippen molar-refractivity contribution in [1.82, 2.24) is 5.32 Å². The standard InChI is InChI=1S/C11H13ClFN3O3/c1-2-14-11(17)3-4-15-9-5-7(12)8(13)6-10(9)16(18)19/h5-6,15H,2-4H2,1H3,(H,14,17). The van der Waals surface area contributed by atoms with E-state index < -0.39 is 16.4 Å². The molecule has 8 heteroatoms. The maximum absolute atomic E-state index is 13.1. The molecule has 0 radical (unpaired) electrons. The van der Waals surface area contributed by atoms with Gasteiger partial charge in [-0.2, -0.15) is 0 Å². The molecule has 0 fully saturated rings. The number of nitro benzene ring substituents is 1. The summed E-state index contributed by atoms with van der Waals surface area (Å²) in [5.41, 5.74) is -0.335. The van der Waals surface area contributed by atoms with Crippen molar-refractivity contribution in [3.05, 3.63) is 33.1 Å². The highest BCUT2D eigenvalue weighted by Gasteiger charge is 2.17. The average molecular weight is 290 g/mol. The zero-order chi connectivity index (χ0) is 14.4. The van der Waals surface area contributed by atoms with E-state index in [-0.39, 0.29) is 29.6 Å². The lowest BCUT2D eigenvalue weighted by Gasteiger charge is -2.08. The lowest BCUT2D eigenvalue weighted by molar-refractivity contribution is -0.384. The van der Waals surface area contributed by atoms with Gasteiger partial charge in [0.2, 0.25) is 5.91 Å². The first-order valence-electron chi connectivity index (χ1n) is 5.59. The number of hydrogen-bond donors (Lipinski definition) is 2. The Kier molecular flexibility index (Phi) is 5.50. The molecule has 6 nitrogen and oxygen atoms in total. The molecule has 0 bridgehead atoms. The molecule has 1 rings (SSSR count). The van der Waals surface area contributed by atoms with Crippen molar-refractivity contribution in [2.75, 3.05) is 18.4 Å². The van der Waals surface area contributed by atoms with Gasteiger partial charge in [0.05, 0.1) is 16.0 Å². The number of rotatable bonds is 6. The summed E-state index contributed by atoms with van der Waals surface area (Å²) in [7, 11) is 0. The van der Waals surface area contributed by atoms with Crippen molar-refractivity contribution in [3.8, 4) is 0 Å². The van der Waals surface area contributed by atoms with Crippen LogP contribution in [0.15, 0.2) is 12.1 Å². The fraction of sp³-hybridized carbons (Fsp3) is 0.364. The minimum absolute atomic E-state index is 0.0840. The third kappa shape index (κ3) is 4.36. The molecular formula is C11H13ClFN3O3. The van der Waals surface area contributed by atoms with E-state index in [9.17, 15) is 19.3 Å². The average Bonchev–Trinajstić information content (AvgIpc) is 2.33. The van der Waals surface area contributed by atoms with Crippen LogP contribution in [0, 0.1) is 15.9 Å². The fourth-order valence-electron chi connectivity index (χ4n) is 1.43. The molecule has 0 unspecified atom stereocenters. The Morgan fingerprint density at radius 3 is 2.79 bits per heavy atom. The van der Waals surface area contributed by atoms with Crippen molar-refractivity contribution in [2.45, 2.75) is 13.3 Å². The maximum atomic E-state index is 13.1. The number of benzene rings is 1. The zero-order valence-corrected chi connectivity index (χ0v) is 11.0. The number of amides is 1. The van der Waals surface area contributed by atoms with Gasteiger partial charge in [0.1, 0.15) is 11.5 Å². The Labute approximate surface area is 114 Å². The van der Waals surface area contributed by atoms with Crippen LogP contribution in [-0.4, -0.2) is 23.9 Å². The third-order valence-electron chi connectivity index (χ3n) is 2.28. The third-order valence-corrected chi connectivity index (χ3v) is 2.57. The van der Waals surface area contributed by atoms with Crippen LogP contribution >= 0.6 is 11.6 Å². The predicted octanol–water partition coefficient (Wildman–Crippen LogP) is 2.33. The second-order valence-corrected chi connectivity index (χ2v) is 4.08. The molecule has 0 spiro atoms. The molecule has 2 N–H and O–H groups in total. The van der Waals surface area contributed by atoms with E-state index in [0.717, 1.165) is 12.1 Å². The Balaban J connectivity index is 2.74. The largest absolute Gasteiger partial charge is 0.379 e. The molecule has 0 atom stereocenters. The van der Waals surface area contributed by atoms with E-state index in [1.165, 1.54) is 0 Å². The SMILES string of the molecule is CCNC(=O)CCNc1cc(Cl)c(F)cc1[N+](=O)[O-]. The molecule has 0 saturated heterocycles. The van der Waals surface area contributed by atoms with Crippen molar-refractivity contribution < 1.29 is 14.1 Å². The van der Waals surface area contributed by atoms with Crippen LogP contribution in [0.1, 0.15) is 13.3 Å². The van der Waals surface area contributed by atoms with Crippen molar-refractivity contribution in [1.29, 1.82) is 0 Å². The number of nitrogens with zero attached hydrogens (tertiary/aromatic N) is 1. The molecule has 104 valence electrons. The molecule has 0 aliphatic heterocycles. The van der Waals surface area contributed by atoms with Crippen LogP contribution in [-0.2, 0) is 4.79 Å². The van der Waals surface area contributed by atoms with Crippen LogP contribution in [0.5, 0.6) is 0 Å². The molecule has 0 heterocycles. The molecule has 0 saturated carbocycles. The van der Waals surface area contributed by atoms with Gasteiger partial charge in [0.25, 0.3) is 5.69 Å². The quantitative estimate of drug-likeness (QED) is 0.622. The van der Waals surface area contributed by atoms with Crippen molar-refractivity contribution >= 4 is 28.9 Å². The van der Waals surface area contributed by atoms with Gasteiger partial charge in [-0.25, -0.2) is 4.39 Å². The number of halogens is 2. The van der Waals surface area contributed by atoms with Gasteiger partial charge >= 0.3 is 0 Å². The minimum Gasteiger partial charge on any atom is -0.379 e. The first-order chi connectivity index (χ1) is 8.95. The number of nitro groups is 1. The van der Waals surface area contributed by atoms with Gasteiger partial charge in [0.15, 0.2) is 0 Å². The van der Waals surface area contributed by atoms with Crippen molar-refractivity contribution in [3.63, 3.8) is 0 Å².